The fourth-order valence-electron chi connectivity index (χ4n) is 4.18. The van der Waals surface area contributed by atoms with E-state index < -0.39 is 0 Å². The van der Waals surface area contributed by atoms with Gasteiger partial charge in [-0.15, -0.1) is 11.3 Å². The fourth-order valence-corrected chi connectivity index (χ4v) is 5.17. The molecule has 1 amide bonds. The van der Waals surface area contributed by atoms with Gasteiger partial charge in [0.25, 0.3) is 5.91 Å². The Balaban J connectivity index is 1.43. The number of phenols is 1. The number of aromatic amines is 1. The van der Waals surface area contributed by atoms with Crippen molar-refractivity contribution in [2.45, 2.75) is 20.4 Å². The Bertz CT molecular complexity index is 1480. The van der Waals surface area contributed by atoms with Crippen LogP contribution >= 0.6 is 11.3 Å². The molecule has 0 unspecified atom stereocenters. The normalized spacial score (nSPS) is 11.5. The number of phenolic OH excluding ortho intramolecular Hbond substituents is 1. The number of rotatable bonds is 7. The highest BCUT2D eigenvalue weighted by molar-refractivity contribution is 7.21. The van der Waals surface area contributed by atoms with E-state index in [1.54, 1.807) is 12.1 Å². The number of aromatic nitrogens is 2. The topological polar surface area (TPSA) is 81.2 Å². The van der Waals surface area contributed by atoms with E-state index in [2.05, 4.69) is 46.2 Å². The third-order valence-corrected chi connectivity index (χ3v) is 7.22. The van der Waals surface area contributed by atoms with E-state index in [1.165, 1.54) is 11.3 Å². The van der Waals surface area contributed by atoms with Crippen LogP contribution in [0, 0.1) is 0 Å². The largest absolute Gasteiger partial charge is 0.508 e. The second kappa shape index (κ2) is 9.29. The minimum atomic E-state index is -0.161. The standard InChI is InChI=1S/C27H26N4O2S/c1-3-31(4-2)16-19-13-20(8-9-23(19)32)30-27(33)25-14-22-21(6-5-7-24(22)34-25)18-12-17-10-11-28-26(17)29-15-18/h5-15,32H,3-4,16H2,1-2H3,(H,28,29)(H,30,33). The molecule has 0 saturated carbocycles. The lowest BCUT2D eigenvalue weighted by Gasteiger charge is -2.19. The molecule has 0 spiro atoms. The van der Waals surface area contributed by atoms with Crippen molar-refractivity contribution in [2.24, 2.45) is 0 Å². The minimum Gasteiger partial charge on any atom is -0.508 e. The highest BCUT2D eigenvalue weighted by Crippen LogP contribution is 2.35. The smallest absolute Gasteiger partial charge is 0.265 e. The number of anilines is 1. The number of nitrogens with one attached hydrogen (secondary N) is 2. The molecule has 0 aliphatic carbocycles. The van der Waals surface area contributed by atoms with E-state index in [-0.39, 0.29) is 11.7 Å². The molecule has 172 valence electrons. The van der Waals surface area contributed by atoms with Crippen molar-refractivity contribution in [1.29, 1.82) is 0 Å². The molecular formula is C27H26N4O2S. The number of H-pyrrole nitrogens is 1. The molecule has 0 radical (unpaired) electrons. The van der Waals surface area contributed by atoms with Gasteiger partial charge in [-0.2, -0.15) is 0 Å². The number of hydrogen-bond donors (Lipinski definition) is 3. The molecule has 3 N–H and O–H groups in total. The third kappa shape index (κ3) is 4.27. The Kier molecular flexibility index (Phi) is 6.04. The fraction of sp³-hybridized carbons (Fsp3) is 0.185. The number of thiophene rings is 1. The summed E-state index contributed by atoms with van der Waals surface area (Å²) >= 11 is 1.47. The quantitative estimate of drug-likeness (QED) is 0.246. The van der Waals surface area contributed by atoms with Crippen molar-refractivity contribution in [3.8, 4) is 16.9 Å². The number of nitrogens with zero attached hydrogens (tertiary/aromatic N) is 2. The third-order valence-electron chi connectivity index (χ3n) is 6.12. The van der Waals surface area contributed by atoms with Crippen LogP contribution in [0.1, 0.15) is 29.1 Å². The van der Waals surface area contributed by atoms with Crippen molar-refractivity contribution in [1.82, 2.24) is 14.9 Å². The maximum Gasteiger partial charge on any atom is 0.265 e. The van der Waals surface area contributed by atoms with Crippen LogP contribution < -0.4 is 5.32 Å². The number of benzene rings is 2. The predicted molar refractivity (Wildman–Crippen MR) is 140 cm³/mol. The number of pyridine rings is 1. The Hall–Kier alpha value is -3.68. The van der Waals surface area contributed by atoms with Crippen LogP contribution in [0.25, 0.3) is 32.2 Å². The van der Waals surface area contributed by atoms with Crippen LogP contribution in [-0.2, 0) is 6.54 Å². The number of amides is 1. The summed E-state index contributed by atoms with van der Waals surface area (Å²) in [5, 5.41) is 15.4. The highest BCUT2D eigenvalue weighted by Gasteiger charge is 2.15. The Morgan fingerprint density at radius 1 is 1.12 bits per heavy atom. The summed E-state index contributed by atoms with van der Waals surface area (Å²) in [6.07, 6.45) is 3.74. The molecule has 0 bridgehead atoms. The molecule has 0 saturated heterocycles. The van der Waals surface area contributed by atoms with Gasteiger partial charge in [0.05, 0.1) is 4.88 Å². The van der Waals surface area contributed by atoms with Crippen LogP contribution in [0.3, 0.4) is 0 Å². The summed E-state index contributed by atoms with van der Waals surface area (Å²) in [6, 6.07) is 17.4. The average Bonchev–Trinajstić information content (AvgIpc) is 3.50. The summed E-state index contributed by atoms with van der Waals surface area (Å²) in [4.78, 5) is 23.6. The zero-order valence-corrected chi connectivity index (χ0v) is 19.9. The molecule has 0 atom stereocenters. The van der Waals surface area contributed by atoms with Gasteiger partial charge in [-0.3, -0.25) is 9.69 Å². The average molecular weight is 471 g/mol. The zero-order chi connectivity index (χ0) is 23.7. The van der Waals surface area contributed by atoms with Crippen molar-refractivity contribution >= 4 is 44.1 Å². The molecule has 5 aromatic rings. The van der Waals surface area contributed by atoms with Gasteiger partial charge in [-0.1, -0.05) is 26.0 Å². The van der Waals surface area contributed by atoms with E-state index in [9.17, 15) is 9.90 Å². The number of carbonyl (C=O) groups excluding carboxylic acids is 1. The van der Waals surface area contributed by atoms with Gasteiger partial charge in [0, 0.05) is 51.2 Å². The van der Waals surface area contributed by atoms with Gasteiger partial charge in [0.1, 0.15) is 11.4 Å². The lowest BCUT2D eigenvalue weighted by atomic mass is 10.0. The van der Waals surface area contributed by atoms with Crippen molar-refractivity contribution in [2.75, 3.05) is 18.4 Å². The minimum absolute atomic E-state index is 0.161. The first kappa shape index (κ1) is 22.1. The van der Waals surface area contributed by atoms with Crippen LogP contribution in [0.5, 0.6) is 5.75 Å². The van der Waals surface area contributed by atoms with Crippen LogP contribution in [0.15, 0.2) is 67.0 Å². The summed E-state index contributed by atoms with van der Waals surface area (Å²) < 4.78 is 1.05. The predicted octanol–water partition coefficient (Wildman–Crippen LogP) is 6.24. The summed E-state index contributed by atoms with van der Waals surface area (Å²) in [7, 11) is 0. The van der Waals surface area contributed by atoms with Gasteiger partial charge >= 0.3 is 0 Å². The molecule has 0 fully saturated rings. The van der Waals surface area contributed by atoms with Gasteiger partial charge in [0.2, 0.25) is 0 Å². The first-order chi connectivity index (χ1) is 16.6. The molecule has 3 aromatic heterocycles. The summed E-state index contributed by atoms with van der Waals surface area (Å²) in [5.74, 6) is 0.0789. The second-order valence-corrected chi connectivity index (χ2v) is 9.31. The first-order valence-electron chi connectivity index (χ1n) is 11.4. The number of carbonyl (C=O) groups is 1. The Morgan fingerprint density at radius 3 is 2.79 bits per heavy atom. The van der Waals surface area contributed by atoms with E-state index >= 15 is 0 Å². The summed E-state index contributed by atoms with van der Waals surface area (Å²) in [5.41, 5.74) is 4.39. The molecule has 7 heteroatoms. The van der Waals surface area contributed by atoms with E-state index in [1.807, 2.05) is 42.7 Å². The Labute approximate surface area is 201 Å². The van der Waals surface area contributed by atoms with Gasteiger partial charge in [0.15, 0.2) is 0 Å². The maximum atomic E-state index is 13.1. The van der Waals surface area contributed by atoms with Crippen molar-refractivity contribution < 1.29 is 9.90 Å². The highest BCUT2D eigenvalue weighted by atomic mass is 32.1. The molecule has 6 nitrogen and oxygen atoms in total. The van der Waals surface area contributed by atoms with Crippen LogP contribution in [0.2, 0.25) is 0 Å². The Morgan fingerprint density at radius 2 is 1.97 bits per heavy atom. The first-order valence-corrected chi connectivity index (χ1v) is 12.2. The molecule has 2 aromatic carbocycles. The number of aromatic hydroxyl groups is 1. The van der Waals surface area contributed by atoms with Gasteiger partial charge in [-0.25, -0.2) is 4.98 Å². The number of hydrogen-bond acceptors (Lipinski definition) is 5. The lowest BCUT2D eigenvalue weighted by molar-refractivity contribution is 0.103. The molecule has 0 aliphatic heterocycles. The maximum absolute atomic E-state index is 13.1. The van der Waals surface area contributed by atoms with E-state index in [0.717, 1.165) is 50.9 Å². The monoisotopic (exact) mass is 470 g/mol. The van der Waals surface area contributed by atoms with Crippen LogP contribution in [-0.4, -0.2) is 39.0 Å². The van der Waals surface area contributed by atoms with E-state index in [4.69, 9.17) is 0 Å². The van der Waals surface area contributed by atoms with Gasteiger partial charge in [-0.05, 0) is 61.1 Å². The van der Waals surface area contributed by atoms with Crippen molar-refractivity contribution in [3.63, 3.8) is 0 Å². The zero-order valence-electron chi connectivity index (χ0n) is 19.1. The van der Waals surface area contributed by atoms with Gasteiger partial charge < -0.3 is 15.4 Å². The number of fused-ring (bicyclic) bond motifs is 2. The van der Waals surface area contributed by atoms with Crippen molar-refractivity contribution in [3.05, 3.63) is 77.4 Å². The van der Waals surface area contributed by atoms with Crippen LogP contribution in [0.4, 0.5) is 5.69 Å². The molecule has 5 rings (SSSR count). The molecular weight excluding hydrogens is 444 g/mol. The molecule has 3 heterocycles. The second-order valence-electron chi connectivity index (χ2n) is 8.23. The molecule has 0 aliphatic rings. The molecule has 34 heavy (non-hydrogen) atoms. The summed E-state index contributed by atoms with van der Waals surface area (Å²) in [6.45, 7) is 6.60. The lowest BCUT2D eigenvalue weighted by Crippen LogP contribution is -2.22. The SMILES string of the molecule is CCN(CC)Cc1cc(NC(=O)c2cc3c(-c4cnc5[nH]ccc5c4)cccc3s2)ccc1O. The van der Waals surface area contributed by atoms with E-state index in [0.29, 0.717) is 17.1 Å².